The van der Waals surface area contributed by atoms with Crippen LogP contribution in [0, 0.1) is 11.8 Å². The van der Waals surface area contributed by atoms with Crippen molar-refractivity contribution in [3.05, 3.63) is 28.8 Å². The molecule has 4 rings (SSSR count). The van der Waals surface area contributed by atoms with Gasteiger partial charge >= 0.3 is 0 Å². The maximum atomic E-state index is 13.2. The Morgan fingerprint density at radius 2 is 2.00 bits per heavy atom. The predicted octanol–water partition coefficient (Wildman–Crippen LogP) is 1.88. The molecule has 2 N–H and O–H groups in total. The van der Waals surface area contributed by atoms with Gasteiger partial charge in [-0.2, -0.15) is 0 Å². The summed E-state index contributed by atoms with van der Waals surface area (Å²) in [7, 11) is 0. The second kappa shape index (κ2) is 5.29. The zero-order valence-electron chi connectivity index (χ0n) is 14.3. The number of likely N-dealkylation sites (tertiary alicyclic amines) is 1. The summed E-state index contributed by atoms with van der Waals surface area (Å²) in [4.78, 5) is 40.5. The first-order chi connectivity index (χ1) is 11.8. The van der Waals surface area contributed by atoms with Crippen LogP contribution in [0.25, 0.3) is 0 Å². The Labute approximate surface area is 150 Å². The van der Waals surface area contributed by atoms with Crippen molar-refractivity contribution in [1.29, 1.82) is 0 Å². The van der Waals surface area contributed by atoms with Gasteiger partial charge in [-0.15, -0.1) is 0 Å². The van der Waals surface area contributed by atoms with Crippen LogP contribution in [0.4, 0.5) is 5.69 Å². The number of amides is 3. The van der Waals surface area contributed by atoms with E-state index in [1.54, 1.807) is 18.2 Å². The van der Waals surface area contributed by atoms with Crippen molar-refractivity contribution in [2.75, 3.05) is 5.32 Å². The highest BCUT2D eigenvalue weighted by molar-refractivity contribution is 6.35. The van der Waals surface area contributed by atoms with Gasteiger partial charge < -0.3 is 5.32 Å². The predicted molar refractivity (Wildman–Crippen MR) is 92.9 cm³/mol. The first-order valence-corrected chi connectivity index (χ1v) is 8.97. The van der Waals surface area contributed by atoms with Crippen LogP contribution in [0.2, 0.25) is 5.02 Å². The van der Waals surface area contributed by atoms with E-state index < -0.39 is 17.4 Å². The number of fused-ring (bicyclic) bond motifs is 4. The van der Waals surface area contributed by atoms with Crippen LogP contribution < -0.4 is 10.6 Å². The summed E-state index contributed by atoms with van der Waals surface area (Å²) in [6, 6.07) is 4.79. The number of hydrogen-bond donors (Lipinski definition) is 2. The minimum atomic E-state index is -1.24. The number of para-hydroxylation sites is 1. The molecular weight excluding hydrogens is 342 g/mol. The fourth-order valence-corrected chi connectivity index (χ4v) is 4.82. The van der Waals surface area contributed by atoms with Crippen molar-refractivity contribution < 1.29 is 14.4 Å². The van der Waals surface area contributed by atoms with Gasteiger partial charge in [0.05, 0.1) is 22.5 Å². The highest BCUT2D eigenvalue weighted by atomic mass is 35.5. The summed E-state index contributed by atoms with van der Waals surface area (Å²) in [5, 5.41) is 6.50. The van der Waals surface area contributed by atoms with Gasteiger partial charge in [-0.3, -0.25) is 24.6 Å². The van der Waals surface area contributed by atoms with Gasteiger partial charge in [0.15, 0.2) is 0 Å². The molecule has 3 amide bonds. The second-order valence-corrected chi connectivity index (χ2v) is 7.57. The van der Waals surface area contributed by atoms with E-state index in [9.17, 15) is 14.4 Å². The first-order valence-electron chi connectivity index (χ1n) is 8.59. The molecule has 0 bridgehead atoms. The fraction of sp³-hybridized carbons (Fsp3) is 0.500. The number of nitrogens with zero attached hydrogens (tertiary/aromatic N) is 1. The number of carbonyl (C=O) groups excluding carboxylic acids is 3. The standard InChI is InChI=1S/C18H20ClN3O3/c1-4-8(2)22-15(23)12-9(3)21-18(13(12)16(22)24)10-6-5-7-11(19)14(10)20-17(18)25/h5-9,12-13,21H,4H2,1-3H3,(H,20,25)/t8-,9-,12-,13+,18-/m1/s1. The van der Waals surface area contributed by atoms with Crippen LogP contribution >= 0.6 is 11.6 Å². The molecule has 3 aliphatic heterocycles. The molecule has 0 saturated carbocycles. The summed E-state index contributed by atoms with van der Waals surface area (Å²) in [6.45, 7) is 5.66. The lowest BCUT2D eigenvalue weighted by atomic mass is 9.76. The van der Waals surface area contributed by atoms with E-state index >= 15 is 0 Å². The Hall–Kier alpha value is -1.92. The highest BCUT2D eigenvalue weighted by Crippen LogP contribution is 2.54. The van der Waals surface area contributed by atoms with Gasteiger partial charge in [-0.05, 0) is 26.3 Å². The maximum absolute atomic E-state index is 13.2. The molecule has 2 saturated heterocycles. The molecule has 5 atom stereocenters. The third kappa shape index (κ3) is 1.87. The Kier molecular flexibility index (Phi) is 3.50. The van der Waals surface area contributed by atoms with Crippen LogP contribution in [0.15, 0.2) is 18.2 Å². The molecular formula is C18H20ClN3O3. The van der Waals surface area contributed by atoms with Gasteiger partial charge in [0.2, 0.25) is 17.7 Å². The Bertz CT molecular complexity index is 811. The Balaban J connectivity index is 1.89. The minimum Gasteiger partial charge on any atom is -0.323 e. The third-order valence-electron chi connectivity index (χ3n) is 5.91. The van der Waals surface area contributed by atoms with Crippen LogP contribution in [0.3, 0.4) is 0 Å². The molecule has 0 radical (unpaired) electrons. The van der Waals surface area contributed by atoms with Crippen molar-refractivity contribution in [1.82, 2.24) is 10.2 Å². The van der Waals surface area contributed by atoms with Crippen molar-refractivity contribution in [3.8, 4) is 0 Å². The molecule has 3 aliphatic rings. The largest absolute Gasteiger partial charge is 0.323 e. The highest BCUT2D eigenvalue weighted by Gasteiger charge is 2.70. The number of hydrogen-bond acceptors (Lipinski definition) is 4. The topological polar surface area (TPSA) is 78.5 Å². The molecule has 7 heteroatoms. The SMILES string of the molecule is CC[C@@H](C)N1C(=O)[C@H]2[C@@H](C1=O)[C@@]1(N[C@@H]2C)C(=O)Nc2c(Cl)cccc21. The molecule has 6 nitrogen and oxygen atoms in total. The van der Waals surface area contributed by atoms with Gasteiger partial charge in [0, 0.05) is 17.6 Å². The summed E-state index contributed by atoms with van der Waals surface area (Å²) in [6.07, 6.45) is 0.681. The van der Waals surface area contributed by atoms with E-state index in [0.717, 1.165) is 0 Å². The fourth-order valence-electron chi connectivity index (χ4n) is 4.59. The smallest absolute Gasteiger partial charge is 0.250 e. The lowest BCUT2D eigenvalue weighted by Gasteiger charge is -2.30. The van der Waals surface area contributed by atoms with Crippen LogP contribution in [0.5, 0.6) is 0 Å². The molecule has 132 valence electrons. The zero-order valence-corrected chi connectivity index (χ0v) is 15.1. The van der Waals surface area contributed by atoms with Gasteiger partial charge in [-0.1, -0.05) is 30.7 Å². The van der Waals surface area contributed by atoms with E-state index in [-0.39, 0.29) is 29.8 Å². The van der Waals surface area contributed by atoms with Crippen LogP contribution in [-0.2, 0) is 19.9 Å². The summed E-state index contributed by atoms with van der Waals surface area (Å²) < 4.78 is 0. The maximum Gasteiger partial charge on any atom is 0.250 e. The number of halogens is 1. The molecule has 0 aromatic heterocycles. The number of rotatable bonds is 2. The zero-order chi connectivity index (χ0) is 18.1. The minimum absolute atomic E-state index is 0.182. The molecule has 2 fully saturated rings. The average molecular weight is 362 g/mol. The quantitative estimate of drug-likeness (QED) is 0.788. The van der Waals surface area contributed by atoms with E-state index in [4.69, 9.17) is 11.6 Å². The lowest BCUT2D eigenvalue weighted by Crippen LogP contribution is -2.53. The molecule has 0 unspecified atom stereocenters. The van der Waals surface area contributed by atoms with Crippen molar-refractivity contribution in [2.45, 2.75) is 44.8 Å². The second-order valence-electron chi connectivity index (χ2n) is 7.16. The number of imide groups is 1. The van der Waals surface area contributed by atoms with E-state index in [2.05, 4.69) is 10.6 Å². The number of nitrogens with one attached hydrogen (secondary N) is 2. The first kappa shape index (κ1) is 16.5. The number of carbonyl (C=O) groups is 3. The van der Waals surface area contributed by atoms with Crippen molar-refractivity contribution >= 4 is 35.0 Å². The molecule has 0 aliphatic carbocycles. The Morgan fingerprint density at radius 3 is 2.68 bits per heavy atom. The van der Waals surface area contributed by atoms with Crippen LogP contribution in [0.1, 0.15) is 32.8 Å². The third-order valence-corrected chi connectivity index (χ3v) is 6.23. The molecule has 3 heterocycles. The Morgan fingerprint density at radius 1 is 1.28 bits per heavy atom. The molecule has 25 heavy (non-hydrogen) atoms. The average Bonchev–Trinajstić information content (AvgIpc) is 3.13. The summed E-state index contributed by atoms with van der Waals surface area (Å²) >= 11 is 6.24. The normalized spacial score (nSPS) is 34.5. The van der Waals surface area contributed by atoms with E-state index in [0.29, 0.717) is 22.7 Å². The van der Waals surface area contributed by atoms with E-state index in [1.807, 2.05) is 20.8 Å². The van der Waals surface area contributed by atoms with Crippen molar-refractivity contribution in [3.63, 3.8) is 0 Å². The van der Waals surface area contributed by atoms with Gasteiger partial charge in [0.25, 0.3) is 0 Å². The number of anilines is 1. The van der Waals surface area contributed by atoms with Gasteiger partial charge in [-0.25, -0.2) is 0 Å². The molecule has 1 aromatic carbocycles. The molecule has 1 spiro atoms. The van der Waals surface area contributed by atoms with Crippen LogP contribution in [-0.4, -0.2) is 34.7 Å². The summed E-state index contributed by atoms with van der Waals surface area (Å²) in [5.41, 5.74) is -0.0625. The summed E-state index contributed by atoms with van der Waals surface area (Å²) in [5.74, 6) is -2.07. The molecule has 1 aromatic rings. The van der Waals surface area contributed by atoms with Crippen molar-refractivity contribution in [2.24, 2.45) is 11.8 Å². The van der Waals surface area contributed by atoms with Gasteiger partial charge in [0.1, 0.15) is 5.54 Å². The monoisotopic (exact) mass is 361 g/mol. The van der Waals surface area contributed by atoms with E-state index in [1.165, 1.54) is 4.90 Å². The lowest BCUT2D eigenvalue weighted by molar-refractivity contribution is -0.145. The number of benzene rings is 1.